The molecule has 98 valence electrons. The molecule has 2 amide bonds. The maximum absolute atomic E-state index is 11.9. The van der Waals surface area contributed by atoms with Crippen LogP contribution in [0.15, 0.2) is 29.0 Å². The number of aromatic nitrogens is 3. The van der Waals surface area contributed by atoms with Crippen molar-refractivity contribution >= 4 is 33.6 Å². The van der Waals surface area contributed by atoms with E-state index in [0.29, 0.717) is 17.6 Å². The predicted octanol–water partition coefficient (Wildman–Crippen LogP) is 3.09. The van der Waals surface area contributed by atoms with Crippen LogP contribution in [0.4, 0.5) is 16.4 Å². The van der Waals surface area contributed by atoms with Gasteiger partial charge >= 0.3 is 6.03 Å². The summed E-state index contributed by atoms with van der Waals surface area (Å²) >= 11 is 3.32. The summed E-state index contributed by atoms with van der Waals surface area (Å²) in [5.74, 6) is 1.67. The average molecular weight is 322 g/mol. The van der Waals surface area contributed by atoms with Crippen LogP contribution in [0.5, 0.6) is 0 Å². The van der Waals surface area contributed by atoms with Gasteiger partial charge in [-0.05, 0) is 30.9 Å². The average Bonchev–Trinajstić information content (AvgIpc) is 3.10. The van der Waals surface area contributed by atoms with Gasteiger partial charge in [-0.3, -0.25) is 15.7 Å². The summed E-state index contributed by atoms with van der Waals surface area (Å²) in [5.41, 5.74) is 1.07. The molecule has 7 heteroatoms. The monoisotopic (exact) mass is 321 g/mol. The molecule has 0 aliphatic heterocycles. The van der Waals surface area contributed by atoms with Crippen molar-refractivity contribution in [2.24, 2.45) is 0 Å². The van der Waals surface area contributed by atoms with Crippen LogP contribution in [0.3, 0.4) is 0 Å². The number of nitrogens with zero attached hydrogens (tertiary/aromatic N) is 2. The Morgan fingerprint density at radius 2 is 2.26 bits per heavy atom. The molecule has 0 saturated heterocycles. The minimum absolute atomic E-state index is 0.336. The van der Waals surface area contributed by atoms with Crippen LogP contribution in [0.2, 0.25) is 0 Å². The lowest BCUT2D eigenvalue weighted by molar-refractivity contribution is 0.262. The molecule has 1 saturated carbocycles. The Kier molecular flexibility index (Phi) is 3.20. The topological polar surface area (TPSA) is 82.7 Å². The minimum Gasteiger partial charge on any atom is -0.292 e. The van der Waals surface area contributed by atoms with Crippen molar-refractivity contribution in [1.82, 2.24) is 15.2 Å². The third-order valence-electron chi connectivity index (χ3n) is 2.89. The molecule has 0 spiro atoms. The number of pyridine rings is 1. The summed E-state index contributed by atoms with van der Waals surface area (Å²) < 4.78 is 0.859. The number of aromatic amines is 1. The fourth-order valence-electron chi connectivity index (χ4n) is 1.83. The summed E-state index contributed by atoms with van der Waals surface area (Å²) in [7, 11) is 0. The van der Waals surface area contributed by atoms with Gasteiger partial charge in [-0.1, -0.05) is 15.9 Å². The lowest BCUT2D eigenvalue weighted by atomic mass is 10.2. The number of hydrogen-bond acceptors (Lipinski definition) is 3. The highest BCUT2D eigenvalue weighted by molar-refractivity contribution is 9.10. The Morgan fingerprint density at radius 1 is 1.42 bits per heavy atom. The van der Waals surface area contributed by atoms with Gasteiger partial charge in [0.2, 0.25) is 0 Å². The first-order chi connectivity index (χ1) is 9.22. The quantitative estimate of drug-likeness (QED) is 0.812. The van der Waals surface area contributed by atoms with Crippen molar-refractivity contribution < 1.29 is 4.79 Å². The van der Waals surface area contributed by atoms with Crippen LogP contribution in [0.25, 0.3) is 0 Å². The number of H-pyrrole nitrogens is 1. The van der Waals surface area contributed by atoms with Crippen LogP contribution in [-0.2, 0) is 0 Å². The Hall–Kier alpha value is -1.89. The van der Waals surface area contributed by atoms with Gasteiger partial charge in [0.1, 0.15) is 11.6 Å². The van der Waals surface area contributed by atoms with Crippen molar-refractivity contribution in [3.8, 4) is 0 Å². The summed E-state index contributed by atoms with van der Waals surface area (Å²) in [6.07, 6.45) is 5.70. The smallest absolute Gasteiger partial charge is 0.292 e. The van der Waals surface area contributed by atoms with Gasteiger partial charge < -0.3 is 0 Å². The molecule has 3 rings (SSSR count). The van der Waals surface area contributed by atoms with Gasteiger partial charge in [0.05, 0.1) is 6.20 Å². The Bertz CT molecular complexity index is 608. The molecule has 19 heavy (non-hydrogen) atoms. The van der Waals surface area contributed by atoms with Crippen LogP contribution in [0.1, 0.15) is 24.3 Å². The molecule has 2 heterocycles. The van der Waals surface area contributed by atoms with Crippen LogP contribution >= 0.6 is 15.9 Å². The molecule has 3 N–H and O–H groups in total. The Labute approximate surface area is 118 Å². The highest BCUT2D eigenvalue weighted by Crippen LogP contribution is 2.42. The van der Waals surface area contributed by atoms with Gasteiger partial charge in [0.15, 0.2) is 0 Å². The van der Waals surface area contributed by atoms with Gasteiger partial charge in [0, 0.05) is 16.2 Å². The number of urea groups is 1. The van der Waals surface area contributed by atoms with Crippen molar-refractivity contribution in [2.75, 3.05) is 10.6 Å². The maximum atomic E-state index is 11.9. The van der Waals surface area contributed by atoms with Crippen LogP contribution < -0.4 is 10.6 Å². The SMILES string of the molecule is O=C(Nc1cc(Br)ccn1)Nc1[nH]ncc1C1CC1. The van der Waals surface area contributed by atoms with Crippen LogP contribution in [0, 0.1) is 0 Å². The number of amides is 2. The van der Waals surface area contributed by atoms with Crippen molar-refractivity contribution in [3.63, 3.8) is 0 Å². The molecule has 6 nitrogen and oxygen atoms in total. The number of anilines is 2. The van der Waals surface area contributed by atoms with E-state index in [1.165, 1.54) is 0 Å². The van der Waals surface area contributed by atoms with E-state index in [4.69, 9.17) is 0 Å². The largest absolute Gasteiger partial charge is 0.326 e. The van der Waals surface area contributed by atoms with Gasteiger partial charge in [-0.25, -0.2) is 9.78 Å². The number of halogens is 1. The number of rotatable bonds is 3. The zero-order chi connectivity index (χ0) is 13.2. The summed E-state index contributed by atoms with van der Waals surface area (Å²) in [6.45, 7) is 0. The molecule has 2 aromatic heterocycles. The standard InChI is InChI=1S/C12H12BrN5O/c13-8-3-4-14-10(5-8)16-12(19)17-11-9(6-15-18-11)7-1-2-7/h3-7H,1-2H2,(H3,14,15,16,17,18,19). The van der Waals surface area contributed by atoms with E-state index in [1.54, 1.807) is 24.5 Å². The molecular formula is C12H12BrN5O. The highest BCUT2D eigenvalue weighted by Gasteiger charge is 2.28. The fraction of sp³-hybridized carbons (Fsp3) is 0.250. The van der Waals surface area contributed by atoms with Crippen molar-refractivity contribution in [3.05, 3.63) is 34.6 Å². The number of nitrogens with one attached hydrogen (secondary N) is 3. The summed E-state index contributed by atoms with van der Waals surface area (Å²) in [6, 6.07) is 3.19. The first-order valence-corrected chi connectivity index (χ1v) is 6.74. The second kappa shape index (κ2) is 5.00. The molecule has 0 atom stereocenters. The van der Waals surface area contributed by atoms with E-state index in [2.05, 4.69) is 41.7 Å². The molecular weight excluding hydrogens is 310 g/mol. The molecule has 0 unspecified atom stereocenters. The zero-order valence-corrected chi connectivity index (χ0v) is 11.6. The molecule has 2 aromatic rings. The van der Waals surface area contributed by atoms with E-state index >= 15 is 0 Å². The zero-order valence-electron chi connectivity index (χ0n) is 9.98. The minimum atomic E-state index is -0.336. The third-order valence-corrected chi connectivity index (χ3v) is 3.38. The number of hydrogen-bond donors (Lipinski definition) is 3. The molecule has 1 fully saturated rings. The lowest BCUT2D eigenvalue weighted by Gasteiger charge is -2.07. The van der Waals surface area contributed by atoms with E-state index in [1.807, 2.05) is 0 Å². The predicted molar refractivity (Wildman–Crippen MR) is 75.1 cm³/mol. The van der Waals surface area contributed by atoms with E-state index in [9.17, 15) is 4.79 Å². The summed E-state index contributed by atoms with van der Waals surface area (Å²) in [5, 5.41) is 12.2. The molecule has 0 radical (unpaired) electrons. The van der Waals surface area contributed by atoms with E-state index in [0.717, 1.165) is 22.9 Å². The Balaban J connectivity index is 1.66. The fourth-order valence-corrected chi connectivity index (χ4v) is 2.17. The molecule has 1 aliphatic rings. The maximum Gasteiger partial charge on any atom is 0.326 e. The van der Waals surface area contributed by atoms with Crippen LogP contribution in [-0.4, -0.2) is 21.2 Å². The number of carbonyl (C=O) groups is 1. The second-order valence-electron chi connectivity index (χ2n) is 4.41. The second-order valence-corrected chi connectivity index (χ2v) is 5.33. The highest BCUT2D eigenvalue weighted by atomic mass is 79.9. The van der Waals surface area contributed by atoms with Crippen molar-refractivity contribution in [1.29, 1.82) is 0 Å². The third kappa shape index (κ3) is 2.93. The van der Waals surface area contributed by atoms with Gasteiger partial charge in [-0.2, -0.15) is 5.10 Å². The summed E-state index contributed by atoms with van der Waals surface area (Å²) in [4.78, 5) is 15.9. The first kappa shape index (κ1) is 12.2. The lowest BCUT2D eigenvalue weighted by Crippen LogP contribution is -2.20. The van der Waals surface area contributed by atoms with E-state index in [-0.39, 0.29) is 6.03 Å². The number of carbonyl (C=O) groups excluding carboxylic acids is 1. The molecule has 1 aliphatic carbocycles. The molecule has 0 bridgehead atoms. The van der Waals surface area contributed by atoms with Crippen molar-refractivity contribution in [2.45, 2.75) is 18.8 Å². The first-order valence-electron chi connectivity index (χ1n) is 5.95. The van der Waals surface area contributed by atoms with Gasteiger partial charge in [0.25, 0.3) is 0 Å². The normalized spacial score (nSPS) is 14.2. The van der Waals surface area contributed by atoms with E-state index < -0.39 is 0 Å². The molecule has 0 aromatic carbocycles. The van der Waals surface area contributed by atoms with Gasteiger partial charge in [-0.15, -0.1) is 0 Å². The Morgan fingerprint density at radius 3 is 3.00 bits per heavy atom.